The van der Waals surface area contributed by atoms with Crippen LogP contribution in [0.1, 0.15) is 62.2 Å². The molecule has 18 heavy (non-hydrogen) atoms. The van der Waals surface area contributed by atoms with Gasteiger partial charge in [0, 0.05) is 5.56 Å². The topological polar surface area (TPSA) is 17.8 Å². The quantitative estimate of drug-likeness (QED) is 0.560. The molecule has 0 atom stereocenters. The van der Waals surface area contributed by atoms with E-state index < -0.39 is 6.43 Å². The molecular weight excluding hydrogens is 281 g/mol. The minimum absolute atomic E-state index is 0.0226. The second-order valence-electron chi connectivity index (χ2n) is 4.68. The number of nitrogens with zero attached hydrogens (tertiary/aromatic N) is 2. The first-order valence-corrected chi connectivity index (χ1v) is 7.17. The first kappa shape index (κ1) is 14.1. The molecule has 102 valence electrons. The molecule has 1 fully saturated rings. The highest BCUT2D eigenvalue weighted by atomic mass is 35.5. The van der Waals surface area contributed by atoms with Gasteiger partial charge < -0.3 is 0 Å². The van der Waals surface area contributed by atoms with Crippen LogP contribution in [0, 0.1) is 0 Å². The third-order valence-corrected chi connectivity index (χ3v) is 4.15. The molecule has 1 aliphatic rings. The van der Waals surface area contributed by atoms with Crippen molar-refractivity contribution in [3.05, 3.63) is 16.4 Å². The van der Waals surface area contributed by atoms with Crippen LogP contribution in [0.3, 0.4) is 0 Å². The Labute approximate surface area is 115 Å². The van der Waals surface area contributed by atoms with Gasteiger partial charge in [0.1, 0.15) is 10.8 Å². The maximum atomic E-state index is 12.9. The number of hydrogen-bond acceptors (Lipinski definition) is 1. The van der Waals surface area contributed by atoms with Crippen LogP contribution in [-0.2, 0) is 5.88 Å². The fourth-order valence-electron chi connectivity index (χ4n) is 2.51. The van der Waals surface area contributed by atoms with Crippen LogP contribution in [0.2, 0.25) is 5.15 Å². The third-order valence-electron chi connectivity index (χ3n) is 3.49. The average Bonchev–Trinajstić information content (AvgIpc) is 2.55. The minimum atomic E-state index is -2.62. The highest BCUT2D eigenvalue weighted by Gasteiger charge is 2.26. The summed E-state index contributed by atoms with van der Waals surface area (Å²) >= 11 is 11.8. The summed E-state index contributed by atoms with van der Waals surface area (Å²) in [6.07, 6.45) is 3.86. The lowest BCUT2D eigenvalue weighted by Gasteiger charge is -2.15. The number of aromatic nitrogens is 2. The van der Waals surface area contributed by atoms with Crippen LogP contribution in [0.5, 0.6) is 0 Å². The van der Waals surface area contributed by atoms with Gasteiger partial charge in [-0.05, 0) is 12.8 Å². The Morgan fingerprint density at radius 3 is 2.28 bits per heavy atom. The van der Waals surface area contributed by atoms with Gasteiger partial charge in [0.25, 0.3) is 6.43 Å². The predicted molar refractivity (Wildman–Crippen MR) is 68.5 cm³/mol. The third kappa shape index (κ3) is 2.80. The average molecular weight is 297 g/mol. The Hall–Kier alpha value is -0.350. The second-order valence-corrected chi connectivity index (χ2v) is 5.30. The number of rotatable bonds is 3. The summed E-state index contributed by atoms with van der Waals surface area (Å²) in [5.74, 6) is -0.0226. The molecule has 0 spiro atoms. The Kier molecular flexibility index (Phi) is 4.84. The fraction of sp³-hybridized carbons (Fsp3) is 0.750. The van der Waals surface area contributed by atoms with Crippen LogP contribution in [0.4, 0.5) is 8.78 Å². The lowest BCUT2D eigenvalue weighted by Crippen LogP contribution is -2.10. The van der Waals surface area contributed by atoms with Crippen molar-refractivity contribution < 1.29 is 8.78 Å². The van der Waals surface area contributed by atoms with Crippen molar-refractivity contribution in [1.82, 2.24) is 9.78 Å². The van der Waals surface area contributed by atoms with E-state index >= 15 is 0 Å². The monoisotopic (exact) mass is 296 g/mol. The van der Waals surface area contributed by atoms with Crippen molar-refractivity contribution >= 4 is 23.2 Å². The van der Waals surface area contributed by atoms with Gasteiger partial charge in [0.15, 0.2) is 0 Å². The normalized spacial score (nSPS) is 18.3. The molecular formula is C12H16Cl2F2N2. The first-order valence-electron chi connectivity index (χ1n) is 6.26. The van der Waals surface area contributed by atoms with Gasteiger partial charge in [0.2, 0.25) is 0 Å². The Morgan fingerprint density at radius 2 is 1.83 bits per heavy atom. The summed E-state index contributed by atoms with van der Waals surface area (Å²) < 4.78 is 27.3. The van der Waals surface area contributed by atoms with E-state index in [1.54, 1.807) is 4.68 Å². The SMILES string of the molecule is FC(F)c1nn(C2CCCCCC2)c(Cl)c1CCl. The molecule has 6 heteroatoms. The number of alkyl halides is 3. The van der Waals surface area contributed by atoms with Crippen molar-refractivity contribution in [2.24, 2.45) is 0 Å². The van der Waals surface area contributed by atoms with Gasteiger partial charge >= 0.3 is 0 Å². The lowest BCUT2D eigenvalue weighted by molar-refractivity contribution is 0.143. The van der Waals surface area contributed by atoms with E-state index in [-0.39, 0.29) is 28.3 Å². The zero-order valence-electron chi connectivity index (χ0n) is 10.0. The van der Waals surface area contributed by atoms with Crippen LogP contribution < -0.4 is 0 Å². The summed E-state index contributed by atoms with van der Waals surface area (Å²) in [5, 5.41) is 4.28. The van der Waals surface area contributed by atoms with E-state index in [4.69, 9.17) is 23.2 Å². The second kappa shape index (κ2) is 6.20. The molecule has 0 aliphatic heterocycles. The number of hydrogen-bond donors (Lipinski definition) is 0. The molecule has 0 amide bonds. The van der Waals surface area contributed by atoms with E-state index in [1.807, 2.05) is 0 Å². The molecule has 0 aromatic carbocycles. The van der Waals surface area contributed by atoms with Crippen molar-refractivity contribution in [3.63, 3.8) is 0 Å². The standard InChI is InChI=1S/C12H16Cl2F2N2/c13-7-9-10(12(15)16)17-18(11(9)14)8-5-3-1-2-4-6-8/h8,12H,1-7H2. The van der Waals surface area contributed by atoms with Gasteiger partial charge in [-0.1, -0.05) is 37.3 Å². The highest BCUT2D eigenvalue weighted by Crippen LogP contribution is 2.35. The van der Waals surface area contributed by atoms with Crippen molar-refractivity contribution in [2.75, 3.05) is 0 Å². The zero-order valence-corrected chi connectivity index (χ0v) is 11.5. The van der Waals surface area contributed by atoms with Gasteiger partial charge in [-0.25, -0.2) is 8.78 Å². The summed E-state index contributed by atoms with van der Waals surface area (Å²) in [7, 11) is 0. The van der Waals surface area contributed by atoms with E-state index in [2.05, 4.69) is 5.10 Å². The van der Waals surface area contributed by atoms with Crippen LogP contribution in [-0.4, -0.2) is 9.78 Å². The molecule has 0 unspecified atom stereocenters. The molecule has 1 saturated carbocycles. The fourth-order valence-corrected chi connectivity index (χ4v) is 3.18. The van der Waals surface area contributed by atoms with E-state index in [0.29, 0.717) is 0 Å². The smallest absolute Gasteiger partial charge is 0.250 e. The molecule has 2 nitrogen and oxygen atoms in total. The van der Waals surface area contributed by atoms with E-state index in [9.17, 15) is 8.78 Å². The summed E-state index contributed by atoms with van der Waals surface area (Å²) in [6, 6.07) is 0.134. The molecule has 1 aliphatic carbocycles. The van der Waals surface area contributed by atoms with Crippen LogP contribution in [0.15, 0.2) is 0 Å². The summed E-state index contributed by atoms with van der Waals surface area (Å²) in [5.41, 5.74) is 0.0110. The molecule has 1 heterocycles. The maximum absolute atomic E-state index is 12.9. The summed E-state index contributed by atoms with van der Waals surface area (Å²) in [4.78, 5) is 0. The van der Waals surface area contributed by atoms with Gasteiger partial charge in [-0.3, -0.25) is 4.68 Å². The van der Waals surface area contributed by atoms with Crippen molar-refractivity contribution in [2.45, 2.75) is 56.9 Å². The minimum Gasteiger partial charge on any atom is -0.250 e. The van der Waals surface area contributed by atoms with E-state index in [1.165, 1.54) is 12.8 Å². The first-order chi connectivity index (χ1) is 8.65. The predicted octanol–water partition coefficient (Wildman–Crippen LogP) is 5.11. The van der Waals surface area contributed by atoms with Crippen LogP contribution in [0.25, 0.3) is 0 Å². The van der Waals surface area contributed by atoms with Gasteiger partial charge in [-0.15, -0.1) is 11.6 Å². The molecule has 0 saturated heterocycles. The lowest BCUT2D eigenvalue weighted by atomic mass is 10.1. The Bertz CT molecular complexity index is 399. The van der Waals surface area contributed by atoms with Gasteiger partial charge in [0.05, 0.1) is 11.9 Å². The molecule has 0 N–H and O–H groups in total. The number of halogens is 4. The van der Waals surface area contributed by atoms with E-state index in [0.717, 1.165) is 25.7 Å². The van der Waals surface area contributed by atoms with Gasteiger partial charge in [-0.2, -0.15) is 5.10 Å². The Balaban J connectivity index is 2.31. The molecule has 1 aromatic heterocycles. The zero-order chi connectivity index (χ0) is 13.1. The maximum Gasteiger partial charge on any atom is 0.282 e. The van der Waals surface area contributed by atoms with Crippen molar-refractivity contribution in [1.29, 1.82) is 0 Å². The molecule has 0 radical (unpaired) electrons. The Morgan fingerprint density at radius 1 is 1.22 bits per heavy atom. The summed E-state index contributed by atoms with van der Waals surface area (Å²) in [6.45, 7) is 0. The largest absolute Gasteiger partial charge is 0.282 e. The molecule has 1 aromatic rings. The molecule has 0 bridgehead atoms. The van der Waals surface area contributed by atoms with Crippen molar-refractivity contribution in [3.8, 4) is 0 Å². The molecule has 2 rings (SSSR count). The highest BCUT2D eigenvalue weighted by molar-refractivity contribution is 6.31. The van der Waals surface area contributed by atoms with Crippen LogP contribution >= 0.6 is 23.2 Å².